The fourth-order valence-electron chi connectivity index (χ4n) is 3.05. The number of amides is 2. The Balaban J connectivity index is 5.75. The molecule has 7 nitrogen and oxygen atoms in total. The molecular formula is C25H44N2O5. The Hall–Kier alpha value is -2.05. The summed E-state index contributed by atoms with van der Waals surface area (Å²) in [6.07, 6.45) is -0.0517. The second-order valence-electron chi connectivity index (χ2n) is 12.2. The molecule has 0 aliphatic rings. The molecule has 32 heavy (non-hydrogen) atoms. The molecule has 0 aromatic carbocycles. The third kappa shape index (κ3) is 11.0. The summed E-state index contributed by atoms with van der Waals surface area (Å²) >= 11 is 0. The Kier molecular flexibility index (Phi) is 10.5. The molecule has 0 spiro atoms. The molecule has 0 aromatic rings. The van der Waals surface area contributed by atoms with E-state index < -0.39 is 34.7 Å². The molecule has 3 unspecified atom stereocenters. The van der Waals surface area contributed by atoms with Crippen molar-refractivity contribution in [3.05, 3.63) is 0 Å². The van der Waals surface area contributed by atoms with Crippen LogP contribution in [0.1, 0.15) is 95.4 Å². The molecule has 2 N–H and O–H groups in total. The van der Waals surface area contributed by atoms with Crippen molar-refractivity contribution in [3.8, 4) is 0 Å². The third-order valence-corrected chi connectivity index (χ3v) is 5.24. The predicted molar refractivity (Wildman–Crippen MR) is 126 cm³/mol. The highest BCUT2D eigenvalue weighted by Gasteiger charge is 2.37. The lowest BCUT2D eigenvalue weighted by molar-refractivity contribution is -0.137. The minimum absolute atomic E-state index is 0.113. The smallest absolute Gasteiger partial charge is 0.224 e. The zero-order valence-electron chi connectivity index (χ0n) is 21.9. The van der Waals surface area contributed by atoms with Crippen molar-refractivity contribution in [1.29, 1.82) is 0 Å². The van der Waals surface area contributed by atoms with E-state index in [1.807, 2.05) is 41.5 Å². The molecule has 7 heteroatoms. The van der Waals surface area contributed by atoms with E-state index in [-0.39, 0.29) is 47.9 Å². The van der Waals surface area contributed by atoms with Gasteiger partial charge in [0.05, 0.1) is 18.0 Å². The monoisotopic (exact) mass is 452 g/mol. The SMILES string of the molecule is CC(=O)C(C)NC(=O)C(CC(=O)C(NC(=O)CC(C)(C)C)C(C)(C)C)CC(=O)C(C)(C)C. The van der Waals surface area contributed by atoms with E-state index in [0.29, 0.717) is 0 Å². The lowest BCUT2D eigenvalue weighted by atomic mass is 9.78. The number of carbonyl (C=O) groups excluding carboxylic acids is 5. The van der Waals surface area contributed by atoms with Crippen molar-refractivity contribution in [2.45, 2.75) is 108 Å². The molecule has 0 saturated heterocycles. The highest BCUT2D eigenvalue weighted by Crippen LogP contribution is 2.27. The Morgan fingerprint density at radius 3 is 1.66 bits per heavy atom. The first-order valence-corrected chi connectivity index (χ1v) is 11.3. The summed E-state index contributed by atoms with van der Waals surface area (Å²) in [5.41, 5.74) is -1.48. The van der Waals surface area contributed by atoms with Crippen LogP contribution < -0.4 is 10.6 Å². The summed E-state index contributed by atoms with van der Waals surface area (Å²) in [4.78, 5) is 62.9. The highest BCUT2D eigenvalue weighted by molar-refractivity contribution is 5.97. The van der Waals surface area contributed by atoms with Gasteiger partial charge < -0.3 is 10.6 Å². The number of nitrogens with one attached hydrogen (secondary N) is 2. The molecule has 0 radical (unpaired) electrons. The first-order valence-electron chi connectivity index (χ1n) is 11.3. The fraction of sp³-hybridized carbons (Fsp3) is 0.800. The van der Waals surface area contributed by atoms with Crippen LogP contribution in [0.2, 0.25) is 0 Å². The maximum Gasteiger partial charge on any atom is 0.224 e. The quantitative estimate of drug-likeness (QED) is 0.526. The van der Waals surface area contributed by atoms with Crippen molar-refractivity contribution in [1.82, 2.24) is 10.6 Å². The molecule has 3 atom stereocenters. The molecule has 0 heterocycles. The van der Waals surface area contributed by atoms with E-state index in [9.17, 15) is 24.0 Å². The van der Waals surface area contributed by atoms with Gasteiger partial charge in [0, 0.05) is 24.7 Å². The van der Waals surface area contributed by atoms with E-state index in [4.69, 9.17) is 0 Å². The van der Waals surface area contributed by atoms with Gasteiger partial charge in [0.2, 0.25) is 11.8 Å². The maximum absolute atomic E-state index is 13.3. The van der Waals surface area contributed by atoms with Crippen LogP contribution in [0.5, 0.6) is 0 Å². The van der Waals surface area contributed by atoms with Crippen LogP contribution in [0, 0.1) is 22.2 Å². The number of hydrogen-bond acceptors (Lipinski definition) is 5. The molecule has 2 amide bonds. The van der Waals surface area contributed by atoms with Crippen molar-refractivity contribution < 1.29 is 24.0 Å². The topological polar surface area (TPSA) is 109 Å². The van der Waals surface area contributed by atoms with Gasteiger partial charge in [0.15, 0.2) is 11.6 Å². The van der Waals surface area contributed by atoms with Crippen LogP contribution in [0.25, 0.3) is 0 Å². The summed E-state index contributed by atoms with van der Waals surface area (Å²) in [7, 11) is 0. The standard InChI is InChI=1S/C25H44N2O5/c1-15(16(2)28)26-22(32)17(13-19(30)24(6,7)8)12-18(29)21(25(9,10)11)27-20(31)14-23(3,4)5/h15,17,21H,12-14H2,1-11H3,(H,26,32)(H,27,31). The van der Waals surface area contributed by atoms with E-state index in [0.717, 1.165) is 0 Å². The fourth-order valence-corrected chi connectivity index (χ4v) is 3.05. The van der Waals surface area contributed by atoms with Crippen LogP contribution in [0.3, 0.4) is 0 Å². The van der Waals surface area contributed by atoms with Crippen LogP contribution in [-0.4, -0.2) is 41.2 Å². The van der Waals surface area contributed by atoms with Crippen molar-refractivity contribution >= 4 is 29.2 Å². The van der Waals surface area contributed by atoms with E-state index in [1.54, 1.807) is 27.7 Å². The molecular weight excluding hydrogens is 408 g/mol. The first kappa shape index (κ1) is 29.9. The highest BCUT2D eigenvalue weighted by atomic mass is 16.2. The van der Waals surface area contributed by atoms with Gasteiger partial charge in [-0.3, -0.25) is 24.0 Å². The number of Topliss-reactive ketones (excluding diaryl/α,β-unsaturated/α-hetero) is 3. The lowest BCUT2D eigenvalue weighted by Crippen LogP contribution is -2.51. The van der Waals surface area contributed by atoms with Gasteiger partial charge in [-0.15, -0.1) is 0 Å². The van der Waals surface area contributed by atoms with Gasteiger partial charge >= 0.3 is 0 Å². The second-order valence-corrected chi connectivity index (χ2v) is 12.2. The van der Waals surface area contributed by atoms with E-state index >= 15 is 0 Å². The maximum atomic E-state index is 13.3. The van der Waals surface area contributed by atoms with Gasteiger partial charge in [-0.05, 0) is 24.7 Å². The van der Waals surface area contributed by atoms with Crippen LogP contribution in [0.15, 0.2) is 0 Å². The number of ketones is 3. The van der Waals surface area contributed by atoms with Gasteiger partial charge in [-0.1, -0.05) is 62.3 Å². The molecule has 0 aliphatic carbocycles. The summed E-state index contributed by atoms with van der Waals surface area (Å²) in [6, 6.07) is -1.52. The van der Waals surface area contributed by atoms with Crippen LogP contribution in [-0.2, 0) is 24.0 Å². The van der Waals surface area contributed by atoms with Gasteiger partial charge in [0.25, 0.3) is 0 Å². The summed E-state index contributed by atoms with van der Waals surface area (Å²) in [6.45, 7) is 19.6. The zero-order valence-corrected chi connectivity index (χ0v) is 21.9. The molecule has 0 aliphatic heterocycles. The lowest BCUT2D eigenvalue weighted by Gasteiger charge is -2.32. The van der Waals surface area contributed by atoms with Crippen molar-refractivity contribution in [3.63, 3.8) is 0 Å². The predicted octanol–water partition coefficient (Wildman–Crippen LogP) is 3.63. The Bertz CT molecular complexity index is 720. The zero-order chi connectivity index (χ0) is 25.7. The molecule has 0 aromatic heterocycles. The summed E-state index contributed by atoms with van der Waals surface area (Å²) in [5.74, 6) is -2.33. The molecule has 0 fully saturated rings. The van der Waals surface area contributed by atoms with Crippen molar-refractivity contribution in [2.75, 3.05) is 0 Å². The number of hydrogen-bond donors (Lipinski definition) is 2. The number of carbonyl (C=O) groups is 5. The Morgan fingerprint density at radius 2 is 1.28 bits per heavy atom. The molecule has 0 bridgehead atoms. The average molecular weight is 453 g/mol. The Morgan fingerprint density at radius 1 is 0.781 bits per heavy atom. The molecule has 0 saturated carbocycles. The summed E-state index contributed by atoms with van der Waals surface area (Å²) < 4.78 is 0. The largest absolute Gasteiger partial charge is 0.346 e. The third-order valence-electron chi connectivity index (χ3n) is 5.24. The van der Waals surface area contributed by atoms with E-state index in [1.165, 1.54) is 6.92 Å². The van der Waals surface area contributed by atoms with Gasteiger partial charge in [-0.25, -0.2) is 0 Å². The number of rotatable bonds is 10. The van der Waals surface area contributed by atoms with Crippen molar-refractivity contribution in [2.24, 2.45) is 22.2 Å². The van der Waals surface area contributed by atoms with Gasteiger partial charge in [0.1, 0.15) is 5.78 Å². The van der Waals surface area contributed by atoms with Crippen LogP contribution >= 0.6 is 0 Å². The Labute approximate surface area is 193 Å². The summed E-state index contributed by atoms with van der Waals surface area (Å²) in [5, 5.41) is 5.45. The minimum atomic E-state index is -0.916. The van der Waals surface area contributed by atoms with Crippen LogP contribution in [0.4, 0.5) is 0 Å². The minimum Gasteiger partial charge on any atom is -0.346 e. The first-order chi connectivity index (χ1) is 14.1. The molecule has 0 rings (SSSR count). The molecule has 184 valence electrons. The van der Waals surface area contributed by atoms with Gasteiger partial charge in [-0.2, -0.15) is 0 Å². The normalized spacial score (nSPS) is 15.3. The second kappa shape index (κ2) is 11.2. The average Bonchev–Trinajstić information content (AvgIpc) is 2.55. The van der Waals surface area contributed by atoms with E-state index in [2.05, 4.69) is 10.6 Å².